The summed E-state index contributed by atoms with van der Waals surface area (Å²) in [7, 11) is -3.18. The number of aliphatic hydroxyl groups excluding tert-OH is 1. The van der Waals surface area contributed by atoms with Crippen LogP contribution in [0.5, 0.6) is 0 Å². The van der Waals surface area contributed by atoms with Gasteiger partial charge < -0.3 is 5.11 Å². The zero-order valence-corrected chi connectivity index (χ0v) is 28.1. The molecule has 1 unspecified atom stereocenters. The van der Waals surface area contributed by atoms with Crippen LogP contribution in [0, 0.1) is 0 Å². The lowest BCUT2D eigenvalue weighted by Crippen LogP contribution is -2.20. The first-order chi connectivity index (χ1) is 18.8. The molecule has 0 saturated carbocycles. The van der Waals surface area contributed by atoms with Crippen molar-refractivity contribution in [3.05, 3.63) is 81.5 Å². The highest BCUT2D eigenvalue weighted by Gasteiger charge is 2.21. The Balaban J connectivity index is 4.64. The zero-order chi connectivity index (χ0) is 30.6. The van der Waals surface area contributed by atoms with Crippen LogP contribution in [0.1, 0.15) is 126 Å². The third-order valence-corrected chi connectivity index (χ3v) is 8.93. The maximum Gasteiger partial charge on any atom is 0.154 e. The molecule has 1 N–H and O–H groups in total. The SMILES string of the molecule is CC(C)=CCCC(C)=CCCC(C)=CCC/C(C)=C/CC/C(C)=C/CC(C(C)=CCC/C(C)=C/CO)S(C)(=O)=O. The first-order valence-electron chi connectivity index (χ1n) is 15.1. The minimum atomic E-state index is -3.18. The fourth-order valence-corrected chi connectivity index (χ4v) is 5.78. The van der Waals surface area contributed by atoms with Crippen molar-refractivity contribution in [2.75, 3.05) is 12.9 Å². The number of sulfone groups is 1. The van der Waals surface area contributed by atoms with Crippen LogP contribution in [-0.4, -0.2) is 31.6 Å². The van der Waals surface area contributed by atoms with Crippen LogP contribution in [0.3, 0.4) is 0 Å². The Labute approximate surface area is 248 Å². The molecule has 0 bridgehead atoms. The van der Waals surface area contributed by atoms with Gasteiger partial charge in [0.15, 0.2) is 9.84 Å². The Morgan fingerprint density at radius 1 is 0.550 bits per heavy atom. The predicted octanol–water partition coefficient (Wildman–Crippen LogP) is 10.3. The molecule has 228 valence electrons. The second-order valence-corrected chi connectivity index (χ2v) is 14.1. The predicted molar refractivity (Wildman–Crippen MR) is 178 cm³/mol. The largest absolute Gasteiger partial charge is 0.392 e. The van der Waals surface area contributed by atoms with Gasteiger partial charge in [-0.15, -0.1) is 0 Å². The van der Waals surface area contributed by atoms with Gasteiger partial charge >= 0.3 is 0 Å². The van der Waals surface area contributed by atoms with Gasteiger partial charge in [0.25, 0.3) is 0 Å². The van der Waals surface area contributed by atoms with E-state index in [2.05, 4.69) is 71.9 Å². The van der Waals surface area contributed by atoms with E-state index in [1.165, 1.54) is 34.1 Å². The van der Waals surface area contributed by atoms with E-state index in [4.69, 9.17) is 5.11 Å². The van der Waals surface area contributed by atoms with E-state index < -0.39 is 15.1 Å². The van der Waals surface area contributed by atoms with Gasteiger partial charge in [-0.3, -0.25) is 0 Å². The molecule has 0 aliphatic rings. The third-order valence-electron chi connectivity index (χ3n) is 7.34. The van der Waals surface area contributed by atoms with Crippen LogP contribution < -0.4 is 0 Å². The standard InChI is InChI=1S/C36H60O3S/c1-29(2)15-10-16-30(3)17-11-18-31(4)19-12-20-32(5)21-13-22-33(6)25-26-36(40(9,38)39)35(8)24-14-23-34(7)27-28-37/h15,17,19,21,24-25,27,36-37H,10-14,16,18,20,22-23,26,28H2,1-9H3/b30-17?,31-19?,32-21+,33-25+,34-27+,35-24?. The minimum absolute atomic E-state index is 0.0471. The average Bonchev–Trinajstić information content (AvgIpc) is 2.83. The fourth-order valence-electron chi connectivity index (χ4n) is 4.56. The van der Waals surface area contributed by atoms with Crippen LogP contribution in [0.15, 0.2) is 81.5 Å². The van der Waals surface area contributed by atoms with Crippen LogP contribution in [-0.2, 0) is 9.84 Å². The van der Waals surface area contributed by atoms with Gasteiger partial charge in [-0.2, -0.15) is 0 Å². The number of rotatable bonds is 20. The molecule has 0 saturated heterocycles. The van der Waals surface area contributed by atoms with Crippen molar-refractivity contribution in [3.63, 3.8) is 0 Å². The van der Waals surface area contributed by atoms with Crippen LogP contribution in [0.4, 0.5) is 0 Å². The molecule has 0 heterocycles. The summed E-state index contributed by atoms with van der Waals surface area (Å²) in [6, 6.07) is 0. The van der Waals surface area contributed by atoms with E-state index in [1.54, 1.807) is 6.08 Å². The summed E-state index contributed by atoms with van der Waals surface area (Å²) in [5.41, 5.74) is 9.06. The molecular formula is C36H60O3S. The average molecular weight is 573 g/mol. The second kappa shape index (κ2) is 21.8. The fraction of sp³-hybridized carbons (Fsp3) is 0.611. The van der Waals surface area contributed by atoms with Crippen LogP contribution >= 0.6 is 0 Å². The lowest BCUT2D eigenvalue weighted by molar-refractivity contribution is 0.341. The van der Waals surface area contributed by atoms with Crippen molar-refractivity contribution in [3.8, 4) is 0 Å². The first-order valence-corrected chi connectivity index (χ1v) is 17.1. The molecule has 0 radical (unpaired) electrons. The Morgan fingerprint density at radius 2 is 0.900 bits per heavy atom. The number of allylic oxidation sites excluding steroid dienone is 12. The quantitative estimate of drug-likeness (QED) is 0.148. The zero-order valence-electron chi connectivity index (χ0n) is 27.3. The molecule has 3 nitrogen and oxygen atoms in total. The molecule has 4 heteroatoms. The Morgan fingerprint density at radius 3 is 1.27 bits per heavy atom. The van der Waals surface area contributed by atoms with Gasteiger partial charge in [0.2, 0.25) is 0 Å². The van der Waals surface area contributed by atoms with E-state index in [9.17, 15) is 8.42 Å². The Bertz CT molecular complexity index is 1060. The summed E-state index contributed by atoms with van der Waals surface area (Å²) in [4.78, 5) is 0. The van der Waals surface area contributed by atoms with Crippen LogP contribution in [0.2, 0.25) is 0 Å². The van der Waals surface area contributed by atoms with Gasteiger partial charge in [-0.05, 0) is 126 Å². The smallest absolute Gasteiger partial charge is 0.154 e. The summed E-state index contributed by atoms with van der Waals surface area (Å²) >= 11 is 0. The van der Waals surface area contributed by atoms with Gasteiger partial charge in [-0.1, -0.05) is 81.5 Å². The molecule has 0 fully saturated rings. The van der Waals surface area contributed by atoms with Crippen molar-refractivity contribution in [1.29, 1.82) is 0 Å². The molecule has 0 aromatic heterocycles. The maximum absolute atomic E-state index is 12.4. The van der Waals surface area contributed by atoms with Gasteiger partial charge in [0.1, 0.15) is 0 Å². The lowest BCUT2D eigenvalue weighted by Gasteiger charge is -2.15. The van der Waals surface area contributed by atoms with E-state index in [-0.39, 0.29) is 6.61 Å². The Hall–Kier alpha value is -1.91. The first kappa shape index (κ1) is 38.1. The monoisotopic (exact) mass is 572 g/mol. The van der Waals surface area contributed by atoms with E-state index >= 15 is 0 Å². The van der Waals surface area contributed by atoms with Gasteiger partial charge in [0, 0.05) is 6.26 Å². The highest BCUT2D eigenvalue weighted by atomic mass is 32.2. The summed E-state index contributed by atoms with van der Waals surface area (Å²) in [6.45, 7) is 17.1. The van der Waals surface area contributed by atoms with Gasteiger partial charge in [-0.25, -0.2) is 8.42 Å². The van der Waals surface area contributed by atoms with E-state index in [0.29, 0.717) is 6.42 Å². The molecule has 0 amide bonds. The second-order valence-electron chi connectivity index (χ2n) is 11.9. The molecule has 40 heavy (non-hydrogen) atoms. The molecule has 1 atom stereocenters. The highest BCUT2D eigenvalue weighted by molar-refractivity contribution is 7.91. The van der Waals surface area contributed by atoms with Gasteiger partial charge in [0.05, 0.1) is 11.9 Å². The Kier molecular flexibility index (Phi) is 20.7. The molecule has 0 aliphatic carbocycles. The van der Waals surface area contributed by atoms with Crippen molar-refractivity contribution >= 4 is 9.84 Å². The molecule has 0 aliphatic heterocycles. The normalized spacial score (nSPS) is 15.4. The molecule has 0 rings (SSSR count). The third kappa shape index (κ3) is 20.9. The summed E-state index contributed by atoms with van der Waals surface area (Å²) < 4.78 is 24.9. The number of hydrogen-bond donors (Lipinski definition) is 1. The maximum atomic E-state index is 12.4. The van der Waals surface area contributed by atoms with Crippen LogP contribution in [0.25, 0.3) is 0 Å². The molecule has 0 aromatic rings. The lowest BCUT2D eigenvalue weighted by atomic mass is 10.0. The van der Waals surface area contributed by atoms with Crippen molar-refractivity contribution in [2.24, 2.45) is 0 Å². The van der Waals surface area contributed by atoms with Crippen molar-refractivity contribution in [2.45, 2.75) is 131 Å². The highest BCUT2D eigenvalue weighted by Crippen LogP contribution is 2.20. The van der Waals surface area contributed by atoms with Crippen molar-refractivity contribution < 1.29 is 13.5 Å². The summed E-state index contributed by atoms with van der Waals surface area (Å²) in [5, 5.41) is 8.52. The molecular weight excluding hydrogens is 512 g/mol. The minimum Gasteiger partial charge on any atom is -0.392 e. The molecule has 0 spiro atoms. The summed E-state index contributed by atoms with van der Waals surface area (Å²) in [5.74, 6) is 0. The number of hydrogen-bond acceptors (Lipinski definition) is 3. The van der Waals surface area contributed by atoms with Crippen molar-refractivity contribution in [1.82, 2.24) is 0 Å². The summed E-state index contributed by atoms with van der Waals surface area (Å²) in [6.07, 6.45) is 27.5. The van der Waals surface area contributed by atoms with E-state index in [0.717, 1.165) is 75.4 Å². The molecule has 0 aromatic carbocycles. The number of aliphatic hydroxyl groups is 1. The topological polar surface area (TPSA) is 54.4 Å². The van der Waals surface area contributed by atoms with E-state index in [1.807, 2.05) is 19.9 Å².